The topological polar surface area (TPSA) is 87.7 Å². The molecule has 1 heterocycles. The molecule has 7 nitrogen and oxygen atoms in total. The monoisotopic (exact) mass is 319 g/mol. The van der Waals surface area contributed by atoms with Crippen LogP contribution in [0.4, 0.5) is 10.5 Å². The van der Waals surface area contributed by atoms with E-state index in [4.69, 9.17) is 4.74 Å². The number of rotatable bonds is 2. The molecule has 0 atom stereocenters. The van der Waals surface area contributed by atoms with Crippen molar-refractivity contribution >= 4 is 23.6 Å². The van der Waals surface area contributed by atoms with Gasteiger partial charge in [0.1, 0.15) is 5.60 Å². The average molecular weight is 319 g/mol. The van der Waals surface area contributed by atoms with Gasteiger partial charge in [-0.3, -0.25) is 14.9 Å². The number of amides is 3. The fourth-order valence-corrected chi connectivity index (χ4v) is 2.15. The van der Waals surface area contributed by atoms with Crippen LogP contribution in [0, 0.1) is 0 Å². The summed E-state index contributed by atoms with van der Waals surface area (Å²) in [7, 11) is 0. The van der Waals surface area contributed by atoms with E-state index in [9.17, 15) is 14.4 Å². The van der Waals surface area contributed by atoms with Gasteiger partial charge in [0.15, 0.2) is 0 Å². The van der Waals surface area contributed by atoms with E-state index >= 15 is 0 Å². The fraction of sp³-hybridized carbons (Fsp3) is 0.438. The van der Waals surface area contributed by atoms with Crippen LogP contribution in [-0.4, -0.2) is 48.0 Å². The zero-order chi connectivity index (χ0) is 17.0. The van der Waals surface area contributed by atoms with E-state index in [0.29, 0.717) is 24.3 Å². The van der Waals surface area contributed by atoms with Crippen LogP contribution in [-0.2, 0) is 9.53 Å². The van der Waals surface area contributed by atoms with E-state index in [2.05, 4.69) is 10.6 Å². The first kappa shape index (κ1) is 16.8. The second-order valence-electron chi connectivity index (χ2n) is 6.28. The summed E-state index contributed by atoms with van der Waals surface area (Å²) in [4.78, 5) is 37.0. The molecule has 0 aromatic heterocycles. The molecule has 1 aliphatic rings. The number of benzene rings is 1. The Hall–Kier alpha value is -2.57. The van der Waals surface area contributed by atoms with Gasteiger partial charge in [-0.15, -0.1) is 0 Å². The molecule has 1 fully saturated rings. The van der Waals surface area contributed by atoms with Crippen LogP contribution in [0.25, 0.3) is 0 Å². The first-order valence-electron chi connectivity index (χ1n) is 7.41. The Morgan fingerprint density at radius 3 is 2.70 bits per heavy atom. The van der Waals surface area contributed by atoms with Crippen LogP contribution in [0.3, 0.4) is 0 Å². The van der Waals surface area contributed by atoms with Crippen molar-refractivity contribution in [2.24, 2.45) is 0 Å². The van der Waals surface area contributed by atoms with Gasteiger partial charge in [0.25, 0.3) is 5.91 Å². The highest BCUT2D eigenvalue weighted by atomic mass is 16.6. The van der Waals surface area contributed by atoms with Crippen molar-refractivity contribution < 1.29 is 19.1 Å². The molecule has 3 amide bonds. The van der Waals surface area contributed by atoms with E-state index < -0.39 is 11.7 Å². The Morgan fingerprint density at radius 1 is 1.30 bits per heavy atom. The van der Waals surface area contributed by atoms with E-state index in [1.54, 1.807) is 45.0 Å². The number of nitrogens with one attached hydrogen (secondary N) is 2. The Balaban J connectivity index is 2.05. The standard InChI is InChI=1S/C16H21N3O4/c1-16(2,3)23-15(22)18-12-6-4-5-11(9-12)14(21)19-8-7-17-13(20)10-19/h4-6,9H,7-8,10H2,1-3H3,(H,17,20)(H,18,22). The molecule has 0 saturated carbocycles. The molecule has 2 N–H and O–H groups in total. The third kappa shape index (κ3) is 4.98. The fourth-order valence-electron chi connectivity index (χ4n) is 2.15. The minimum absolute atomic E-state index is 0.0442. The zero-order valence-corrected chi connectivity index (χ0v) is 13.5. The van der Waals surface area contributed by atoms with E-state index in [1.807, 2.05) is 0 Å². The highest BCUT2D eigenvalue weighted by Gasteiger charge is 2.22. The summed E-state index contributed by atoms with van der Waals surface area (Å²) in [5.74, 6) is -0.416. The van der Waals surface area contributed by atoms with Crippen LogP contribution in [0.1, 0.15) is 31.1 Å². The van der Waals surface area contributed by atoms with E-state index in [0.717, 1.165) is 0 Å². The summed E-state index contributed by atoms with van der Waals surface area (Å²) >= 11 is 0. The molecular weight excluding hydrogens is 298 g/mol. The smallest absolute Gasteiger partial charge is 0.412 e. The van der Waals surface area contributed by atoms with Crippen LogP contribution < -0.4 is 10.6 Å². The molecule has 0 bridgehead atoms. The quantitative estimate of drug-likeness (QED) is 0.867. The molecule has 1 saturated heterocycles. The number of ether oxygens (including phenoxy) is 1. The maximum atomic E-state index is 12.4. The minimum atomic E-state index is -0.599. The van der Waals surface area contributed by atoms with Gasteiger partial charge in [-0.2, -0.15) is 0 Å². The summed E-state index contributed by atoms with van der Waals surface area (Å²) in [6.45, 7) is 6.27. The Bertz CT molecular complexity index is 622. The molecule has 1 aromatic rings. The molecule has 23 heavy (non-hydrogen) atoms. The predicted octanol–water partition coefficient (Wildman–Crippen LogP) is 1.61. The van der Waals surface area contributed by atoms with Crippen LogP contribution in [0.2, 0.25) is 0 Å². The summed E-state index contributed by atoms with van der Waals surface area (Å²) < 4.78 is 5.17. The van der Waals surface area contributed by atoms with Gasteiger partial charge in [0.05, 0.1) is 6.54 Å². The average Bonchev–Trinajstić information content (AvgIpc) is 2.44. The Labute approximate surface area is 135 Å². The van der Waals surface area contributed by atoms with Crippen LogP contribution >= 0.6 is 0 Å². The third-order valence-corrected chi connectivity index (χ3v) is 3.08. The number of piperazine rings is 1. The summed E-state index contributed by atoms with van der Waals surface area (Å²) in [5, 5.41) is 5.27. The SMILES string of the molecule is CC(C)(C)OC(=O)Nc1cccc(C(=O)N2CCNC(=O)C2)c1. The van der Waals surface area contributed by atoms with Crippen LogP contribution in [0.15, 0.2) is 24.3 Å². The van der Waals surface area contributed by atoms with Gasteiger partial charge >= 0.3 is 6.09 Å². The van der Waals surface area contributed by atoms with Gasteiger partial charge in [-0.05, 0) is 39.0 Å². The summed E-state index contributed by atoms with van der Waals surface area (Å²) in [5.41, 5.74) is 0.276. The Kier molecular flexibility index (Phi) is 4.88. The number of hydrogen-bond acceptors (Lipinski definition) is 4. The van der Waals surface area contributed by atoms with Gasteiger partial charge in [0, 0.05) is 24.3 Å². The molecule has 0 radical (unpaired) electrons. The number of carbonyl (C=O) groups excluding carboxylic acids is 3. The number of hydrogen-bond donors (Lipinski definition) is 2. The highest BCUT2D eigenvalue weighted by molar-refractivity contribution is 5.98. The molecule has 2 rings (SSSR count). The maximum absolute atomic E-state index is 12.4. The predicted molar refractivity (Wildman–Crippen MR) is 85.2 cm³/mol. The zero-order valence-electron chi connectivity index (χ0n) is 13.5. The van der Waals surface area contributed by atoms with Crippen molar-refractivity contribution in [3.8, 4) is 0 Å². The first-order valence-corrected chi connectivity index (χ1v) is 7.41. The lowest BCUT2D eigenvalue weighted by molar-refractivity contribution is -0.123. The molecule has 124 valence electrons. The van der Waals surface area contributed by atoms with Gasteiger partial charge < -0.3 is 15.0 Å². The molecule has 0 aliphatic carbocycles. The van der Waals surface area contributed by atoms with Crippen LogP contribution in [0.5, 0.6) is 0 Å². The summed E-state index contributed by atoms with van der Waals surface area (Å²) in [6.07, 6.45) is -0.584. The van der Waals surface area contributed by atoms with Gasteiger partial charge in [-0.25, -0.2) is 4.79 Å². The largest absolute Gasteiger partial charge is 0.444 e. The van der Waals surface area contributed by atoms with E-state index in [1.165, 1.54) is 4.90 Å². The number of carbonyl (C=O) groups is 3. The minimum Gasteiger partial charge on any atom is -0.444 e. The van der Waals surface area contributed by atoms with Crippen molar-refractivity contribution in [2.45, 2.75) is 26.4 Å². The van der Waals surface area contributed by atoms with Crippen molar-refractivity contribution in [3.05, 3.63) is 29.8 Å². The van der Waals surface area contributed by atoms with Crippen molar-refractivity contribution in [3.63, 3.8) is 0 Å². The highest BCUT2D eigenvalue weighted by Crippen LogP contribution is 2.15. The molecule has 0 spiro atoms. The molecule has 7 heteroatoms. The lowest BCUT2D eigenvalue weighted by Crippen LogP contribution is -2.49. The van der Waals surface area contributed by atoms with Crippen molar-refractivity contribution in [2.75, 3.05) is 25.0 Å². The second kappa shape index (κ2) is 6.68. The lowest BCUT2D eigenvalue weighted by Gasteiger charge is -2.26. The maximum Gasteiger partial charge on any atom is 0.412 e. The van der Waals surface area contributed by atoms with Gasteiger partial charge in [0.2, 0.25) is 5.91 Å². The normalized spacial score (nSPS) is 14.9. The van der Waals surface area contributed by atoms with Crippen molar-refractivity contribution in [1.29, 1.82) is 0 Å². The summed E-state index contributed by atoms with van der Waals surface area (Å²) in [6, 6.07) is 6.56. The Morgan fingerprint density at radius 2 is 2.04 bits per heavy atom. The first-order chi connectivity index (χ1) is 10.7. The molecule has 1 aromatic carbocycles. The second-order valence-corrected chi connectivity index (χ2v) is 6.28. The van der Waals surface area contributed by atoms with E-state index in [-0.39, 0.29) is 18.4 Å². The molecule has 1 aliphatic heterocycles. The lowest BCUT2D eigenvalue weighted by atomic mass is 10.1. The van der Waals surface area contributed by atoms with Crippen molar-refractivity contribution in [1.82, 2.24) is 10.2 Å². The van der Waals surface area contributed by atoms with Gasteiger partial charge in [-0.1, -0.05) is 6.07 Å². The molecular formula is C16H21N3O4. The third-order valence-electron chi connectivity index (χ3n) is 3.08. The molecule has 0 unspecified atom stereocenters. The number of nitrogens with zero attached hydrogens (tertiary/aromatic N) is 1. The number of anilines is 1.